The zero-order valence-electron chi connectivity index (χ0n) is 15.4. The SMILES string of the molecule is O=C(CSc1cn(Cc2ccc(F)cc2)c2ccccc12)Nc1ccc(Cl)cc1. The van der Waals surface area contributed by atoms with Gasteiger partial charge in [-0.15, -0.1) is 11.8 Å². The van der Waals surface area contributed by atoms with Crippen LogP contribution in [0, 0.1) is 5.82 Å². The van der Waals surface area contributed by atoms with Gasteiger partial charge < -0.3 is 9.88 Å². The molecule has 0 aliphatic heterocycles. The largest absolute Gasteiger partial charge is 0.342 e. The summed E-state index contributed by atoms with van der Waals surface area (Å²) >= 11 is 7.37. The summed E-state index contributed by atoms with van der Waals surface area (Å²) in [5, 5.41) is 4.61. The normalized spacial score (nSPS) is 11.0. The average Bonchev–Trinajstić information content (AvgIpc) is 3.08. The predicted molar refractivity (Wildman–Crippen MR) is 118 cm³/mol. The van der Waals surface area contributed by atoms with Crippen LogP contribution in [-0.2, 0) is 11.3 Å². The number of benzene rings is 3. The highest BCUT2D eigenvalue weighted by atomic mass is 35.5. The number of carbonyl (C=O) groups is 1. The lowest BCUT2D eigenvalue weighted by Gasteiger charge is -2.05. The molecule has 0 aliphatic carbocycles. The van der Waals surface area contributed by atoms with E-state index in [1.165, 1.54) is 23.9 Å². The number of thioether (sulfide) groups is 1. The van der Waals surface area contributed by atoms with E-state index in [2.05, 4.69) is 22.0 Å². The molecule has 6 heteroatoms. The molecular weight excluding hydrogens is 407 g/mol. The van der Waals surface area contributed by atoms with Crippen LogP contribution in [0.2, 0.25) is 5.02 Å². The molecule has 0 fully saturated rings. The number of fused-ring (bicyclic) bond motifs is 1. The van der Waals surface area contributed by atoms with Crippen molar-refractivity contribution in [2.75, 3.05) is 11.1 Å². The molecule has 4 aromatic rings. The Bertz CT molecular complexity index is 1140. The van der Waals surface area contributed by atoms with Crippen molar-refractivity contribution in [3.05, 3.63) is 95.4 Å². The Morgan fingerprint density at radius 1 is 1.00 bits per heavy atom. The zero-order chi connectivity index (χ0) is 20.2. The van der Waals surface area contributed by atoms with Crippen molar-refractivity contribution in [3.8, 4) is 0 Å². The van der Waals surface area contributed by atoms with Gasteiger partial charge in [0.25, 0.3) is 0 Å². The number of carbonyl (C=O) groups excluding carboxylic acids is 1. The Hall–Kier alpha value is -2.76. The molecule has 1 heterocycles. The van der Waals surface area contributed by atoms with Gasteiger partial charge in [0.15, 0.2) is 0 Å². The molecule has 0 unspecified atom stereocenters. The second-order valence-electron chi connectivity index (χ2n) is 6.61. The minimum atomic E-state index is -0.242. The number of aromatic nitrogens is 1. The van der Waals surface area contributed by atoms with E-state index in [0.717, 1.165) is 27.0 Å². The van der Waals surface area contributed by atoms with Gasteiger partial charge in [0.05, 0.1) is 5.75 Å². The van der Waals surface area contributed by atoms with Crippen molar-refractivity contribution in [2.45, 2.75) is 11.4 Å². The molecule has 0 aliphatic rings. The van der Waals surface area contributed by atoms with Crippen molar-refractivity contribution in [3.63, 3.8) is 0 Å². The van der Waals surface area contributed by atoms with E-state index >= 15 is 0 Å². The number of hydrogen-bond acceptors (Lipinski definition) is 2. The number of nitrogens with zero attached hydrogens (tertiary/aromatic N) is 1. The topological polar surface area (TPSA) is 34.0 Å². The summed E-state index contributed by atoms with van der Waals surface area (Å²) < 4.78 is 15.3. The van der Waals surface area contributed by atoms with Crippen LogP contribution in [-0.4, -0.2) is 16.2 Å². The number of nitrogens with one attached hydrogen (secondary N) is 1. The highest BCUT2D eigenvalue weighted by Crippen LogP contribution is 2.30. The minimum Gasteiger partial charge on any atom is -0.342 e. The molecular formula is C23H18ClFN2OS. The zero-order valence-corrected chi connectivity index (χ0v) is 17.0. The lowest BCUT2D eigenvalue weighted by Crippen LogP contribution is -2.13. The third-order valence-electron chi connectivity index (χ3n) is 4.50. The Morgan fingerprint density at radius 2 is 1.72 bits per heavy atom. The van der Waals surface area contributed by atoms with Crippen LogP contribution in [0.15, 0.2) is 83.9 Å². The van der Waals surface area contributed by atoms with Gasteiger partial charge in [-0.2, -0.15) is 0 Å². The molecule has 0 atom stereocenters. The van der Waals surface area contributed by atoms with E-state index in [4.69, 9.17) is 11.6 Å². The molecule has 3 aromatic carbocycles. The standard InChI is InChI=1S/C23H18ClFN2OS/c24-17-7-11-19(12-8-17)26-23(28)15-29-22-14-27(21-4-2-1-3-20(21)22)13-16-5-9-18(25)10-6-16/h1-12,14H,13,15H2,(H,26,28). The molecule has 0 radical (unpaired) electrons. The third kappa shape index (κ3) is 4.81. The fourth-order valence-corrected chi connectivity index (χ4v) is 4.13. The van der Waals surface area contributed by atoms with Crippen molar-refractivity contribution >= 4 is 45.9 Å². The summed E-state index contributed by atoms with van der Waals surface area (Å²) in [6.07, 6.45) is 2.05. The number of hydrogen-bond donors (Lipinski definition) is 1. The highest BCUT2D eigenvalue weighted by Gasteiger charge is 2.11. The van der Waals surface area contributed by atoms with Gasteiger partial charge in [0.2, 0.25) is 5.91 Å². The van der Waals surface area contributed by atoms with Crippen LogP contribution in [0.25, 0.3) is 10.9 Å². The third-order valence-corrected chi connectivity index (χ3v) is 5.80. The van der Waals surface area contributed by atoms with Gasteiger partial charge in [-0.05, 0) is 48.0 Å². The second-order valence-corrected chi connectivity index (χ2v) is 8.06. The van der Waals surface area contributed by atoms with E-state index in [0.29, 0.717) is 17.3 Å². The van der Waals surface area contributed by atoms with Crippen molar-refractivity contribution in [1.82, 2.24) is 4.57 Å². The number of halogens is 2. The molecule has 0 saturated heterocycles. The van der Waals surface area contributed by atoms with Crippen LogP contribution in [0.5, 0.6) is 0 Å². The Balaban J connectivity index is 1.49. The number of amides is 1. The van der Waals surface area contributed by atoms with E-state index in [9.17, 15) is 9.18 Å². The summed E-state index contributed by atoms with van der Waals surface area (Å²) in [5.74, 6) is -0.0190. The minimum absolute atomic E-state index is 0.0762. The number of para-hydroxylation sites is 1. The molecule has 0 bridgehead atoms. The summed E-state index contributed by atoms with van der Waals surface area (Å²) in [7, 11) is 0. The molecule has 146 valence electrons. The van der Waals surface area contributed by atoms with E-state index in [1.807, 2.05) is 18.3 Å². The lowest BCUT2D eigenvalue weighted by atomic mass is 10.2. The number of anilines is 1. The first-order chi connectivity index (χ1) is 14.1. The molecule has 0 spiro atoms. The maximum Gasteiger partial charge on any atom is 0.234 e. The lowest BCUT2D eigenvalue weighted by molar-refractivity contribution is -0.113. The summed E-state index contributed by atoms with van der Waals surface area (Å²) in [6.45, 7) is 0.637. The van der Waals surface area contributed by atoms with Crippen LogP contribution >= 0.6 is 23.4 Å². The van der Waals surface area contributed by atoms with Gasteiger partial charge in [-0.1, -0.05) is 41.9 Å². The van der Waals surface area contributed by atoms with Crippen molar-refractivity contribution in [1.29, 1.82) is 0 Å². The first-order valence-corrected chi connectivity index (χ1v) is 10.5. The Morgan fingerprint density at radius 3 is 2.48 bits per heavy atom. The monoisotopic (exact) mass is 424 g/mol. The van der Waals surface area contributed by atoms with E-state index in [1.54, 1.807) is 36.4 Å². The quantitative estimate of drug-likeness (QED) is 0.373. The molecule has 29 heavy (non-hydrogen) atoms. The van der Waals surface area contributed by atoms with Crippen LogP contribution in [0.3, 0.4) is 0 Å². The average molecular weight is 425 g/mol. The summed E-state index contributed by atoms with van der Waals surface area (Å²) in [6, 6.07) is 21.6. The molecule has 0 saturated carbocycles. The van der Waals surface area contributed by atoms with Gasteiger partial charge in [0, 0.05) is 39.3 Å². The second kappa shape index (κ2) is 8.72. The molecule has 4 rings (SSSR count). The molecule has 1 aromatic heterocycles. The number of rotatable bonds is 6. The predicted octanol–water partition coefficient (Wildman–Crippen LogP) is 6.21. The van der Waals surface area contributed by atoms with Crippen molar-refractivity contribution < 1.29 is 9.18 Å². The van der Waals surface area contributed by atoms with Crippen LogP contribution in [0.1, 0.15) is 5.56 Å². The first-order valence-electron chi connectivity index (χ1n) is 9.09. The summed E-state index contributed by atoms with van der Waals surface area (Å²) in [5.41, 5.74) is 2.82. The Kier molecular flexibility index (Phi) is 5.88. The van der Waals surface area contributed by atoms with E-state index < -0.39 is 0 Å². The fourth-order valence-electron chi connectivity index (χ4n) is 3.12. The molecule has 3 nitrogen and oxygen atoms in total. The van der Waals surface area contributed by atoms with Gasteiger partial charge in [-0.25, -0.2) is 4.39 Å². The molecule has 1 N–H and O–H groups in total. The van der Waals surface area contributed by atoms with E-state index in [-0.39, 0.29) is 11.7 Å². The van der Waals surface area contributed by atoms with Crippen LogP contribution in [0.4, 0.5) is 10.1 Å². The van der Waals surface area contributed by atoms with Gasteiger partial charge in [-0.3, -0.25) is 4.79 Å². The van der Waals surface area contributed by atoms with Crippen molar-refractivity contribution in [2.24, 2.45) is 0 Å². The summed E-state index contributed by atoms with van der Waals surface area (Å²) in [4.78, 5) is 13.4. The Labute approximate surface area is 177 Å². The maximum atomic E-state index is 13.2. The maximum absolute atomic E-state index is 13.2. The fraction of sp³-hybridized carbons (Fsp3) is 0.0870. The van der Waals surface area contributed by atoms with Gasteiger partial charge in [0.1, 0.15) is 5.82 Å². The van der Waals surface area contributed by atoms with Crippen LogP contribution < -0.4 is 5.32 Å². The van der Waals surface area contributed by atoms with Gasteiger partial charge >= 0.3 is 0 Å². The highest BCUT2D eigenvalue weighted by molar-refractivity contribution is 8.00. The molecule has 1 amide bonds. The first kappa shape index (κ1) is 19.6. The smallest absolute Gasteiger partial charge is 0.234 e.